The number of benzene rings is 1. The molecule has 0 unspecified atom stereocenters. The maximum atomic E-state index is 10.8. The number of hydrogen-bond acceptors (Lipinski definition) is 3. The molecule has 1 saturated heterocycles. The van der Waals surface area contributed by atoms with Crippen molar-refractivity contribution in [2.75, 3.05) is 18.0 Å². The van der Waals surface area contributed by atoms with Gasteiger partial charge in [-0.1, -0.05) is 0 Å². The summed E-state index contributed by atoms with van der Waals surface area (Å²) >= 11 is 0. The maximum Gasteiger partial charge on any atom is 0.371 e. The predicted molar refractivity (Wildman–Crippen MR) is 64.6 cm³/mol. The summed E-state index contributed by atoms with van der Waals surface area (Å²) in [6.07, 6.45) is 2.44. The lowest BCUT2D eigenvalue weighted by atomic mass is 10.2. The molecule has 0 radical (unpaired) electrons. The Kier molecular flexibility index (Phi) is 2.28. The van der Waals surface area contributed by atoms with Crippen LogP contribution in [0.25, 0.3) is 11.0 Å². The molecule has 0 amide bonds. The molecule has 1 aromatic carbocycles. The highest BCUT2D eigenvalue weighted by atomic mass is 16.4. The monoisotopic (exact) mass is 231 g/mol. The van der Waals surface area contributed by atoms with Crippen molar-refractivity contribution in [3.8, 4) is 0 Å². The van der Waals surface area contributed by atoms with E-state index in [2.05, 4.69) is 4.90 Å². The lowest BCUT2D eigenvalue weighted by molar-refractivity contribution is 0.0665. The second kappa shape index (κ2) is 3.80. The summed E-state index contributed by atoms with van der Waals surface area (Å²) in [5.74, 6) is -1.03. The van der Waals surface area contributed by atoms with Crippen molar-refractivity contribution in [1.82, 2.24) is 0 Å². The lowest BCUT2D eigenvalue weighted by Crippen LogP contribution is -2.17. The van der Waals surface area contributed by atoms with Gasteiger partial charge in [0.1, 0.15) is 5.58 Å². The van der Waals surface area contributed by atoms with Gasteiger partial charge in [0, 0.05) is 30.2 Å². The molecule has 4 nitrogen and oxygen atoms in total. The van der Waals surface area contributed by atoms with Gasteiger partial charge in [-0.2, -0.15) is 0 Å². The van der Waals surface area contributed by atoms with Crippen molar-refractivity contribution in [2.45, 2.75) is 12.8 Å². The first-order chi connectivity index (χ1) is 8.24. The van der Waals surface area contributed by atoms with E-state index < -0.39 is 5.97 Å². The van der Waals surface area contributed by atoms with E-state index >= 15 is 0 Å². The van der Waals surface area contributed by atoms with Crippen LogP contribution < -0.4 is 4.90 Å². The number of hydrogen-bond donors (Lipinski definition) is 1. The van der Waals surface area contributed by atoms with E-state index in [1.807, 2.05) is 18.2 Å². The van der Waals surface area contributed by atoms with Crippen molar-refractivity contribution in [1.29, 1.82) is 0 Å². The molecule has 0 aliphatic carbocycles. The molecule has 0 spiro atoms. The minimum Gasteiger partial charge on any atom is -0.475 e. The van der Waals surface area contributed by atoms with Crippen LogP contribution in [0, 0.1) is 0 Å². The first kappa shape index (κ1) is 10.2. The van der Waals surface area contributed by atoms with E-state index in [4.69, 9.17) is 9.52 Å². The van der Waals surface area contributed by atoms with Crippen molar-refractivity contribution in [3.63, 3.8) is 0 Å². The van der Waals surface area contributed by atoms with Crippen LogP contribution in [-0.4, -0.2) is 24.2 Å². The van der Waals surface area contributed by atoms with Gasteiger partial charge in [-0.05, 0) is 31.0 Å². The largest absolute Gasteiger partial charge is 0.475 e. The molecule has 88 valence electrons. The molecule has 0 bridgehead atoms. The van der Waals surface area contributed by atoms with Crippen molar-refractivity contribution in [2.24, 2.45) is 0 Å². The fraction of sp³-hybridized carbons (Fsp3) is 0.308. The Labute approximate surface area is 98.4 Å². The molecular formula is C13H13NO3. The van der Waals surface area contributed by atoms with Gasteiger partial charge in [0.25, 0.3) is 0 Å². The number of carbonyl (C=O) groups is 1. The number of aromatic carboxylic acids is 1. The molecule has 1 aliphatic rings. The topological polar surface area (TPSA) is 53.7 Å². The third kappa shape index (κ3) is 1.75. The highest BCUT2D eigenvalue weighted by Crippen LogP contribution is 2.27. The number of carboxylic acid groups (broad SMARTS) is 1. The summed E-state index contributed by atoms with van der Waals surface area (Å²) in [7, 11) is 0. The zero-order valence-corrected chi connectivity index (χ0v) is 9.35. The van der Waals surface area contributed by atoms with E-state index in [9.17, 15) is 4.79 Å². The molecule has 1 aromatic heterocycles. The zero-order valence-electron chi connectivity index (χ0n) is 9.35. The Bertz CT molecular complexity index is 567. The van der Waals surface area contributed by atoms with Crippen molar-refractivity contribution >= 4 is 22.6 Å². The van der Waals surface area contributed by atoms with Gasteiger partial charge in [0.15, 0.2) is 0 Å². The number of anilines is 1. The normalized spacial score (nSPS) is 15.6. The lowest BCUT2D eigenvalue weighted by Gasteiger charge is -2.16. The smallest absolute Gasteiger partial charge is 0.371 e. The van der Waals surface area contributed by atoms with Crippen LogP contribution >= 0.6 is 0 Å². The van der Waals surface area contributed by atoms with Crippen LogP contribution in [0.3, 0.4) is 0 Å². The fourth-order valence-corrected chi connectivity index (χ4v) is 2.30. The van der Waals surface area contributed by atoms with E-state index in [0.717, 1.165) is 24.2 Å². The summed E-state index contributed by atoms with van der Waals surface area (Å²) in [6, 6.07) is 7.42. The van der Waals surface area contributed by atoms with Crippen molar-refractivity contribution < 1.29 is 14.3 Å². The zero-order chi connectivity index (χ0) is 11.8. The van der Waals surface area contributed by atoms with E-state index in [1.54, 1.807) is 6.07 Å². The van der Waals surface area contributed by atoms with Gasteiger partial charge < -0.3 is 14.4 Å². The minimum absolute atomic E-state index is 0.00132. The minimum atomic E-state index is -1.02. The summed E-state index contributed by atoms with van der Waals surface area (Å²) in [5.41, 5.74) is 1.76. The van der Waals surface area contributed by atoms with Crippen molar-refractivity contribution in [3.05, 3.63) is 30.0 Å². The summed E-state index contributed by atoms with van der Waals surface area (Å²) < 4.78 is 5.30. The molecule has 4 heteroatoms. The van der Waals surface area contributed by atoms with E-state index in [-0.39, 0.29) is 5.76 Å². The summed E-state index contributed by atoms with van der Waals surface area (Å²) in [6.45, 7) is 2.13. The fourth-order valence-electron chi connectivity index (χ4n) is 2.30. The third-order valence-corrected chi connectivity index (χ3v) is 3.19. The van der Waals surface area contributed by atoms with Gasteiger partial charge in [-0.25, -0.2) is 4.79 Å². The first-order valence-electron chi connectivity index (χ1n) is 5.76. The molecule has 0 saturated carbocycles. The second-order valence-electron chi connectivity index (χ2n) is 4.33. The summed E-state index contributed by atoms with van der Waals surface area (Å²) in [5, 5.41) is 9.70. The van der Waals surface area contributed by atoms with Gasteiger partial charge in [0.05, 0.1) is 0 Å². The second-order valence-corrected chi connectivity index (χ2v) is 4.33. The van der Waals surface area contributed by atoms with Gasteiger partial charge in [0.2, 0.25) is 5.76 Å². The SMILES string of the molecule is O=C(O)c1cc2ccc(N3CCCC3)cc2o1. The molecule has 1 N–H and O–H groups in total. The van der Waals surface area contributed by atoms with Crippen LogP contribution in [-0.2, 0) is 0 Å². The number of furan rings is 1. The van der Waals surface area contributed by atoms with E-state index in [0.29, 0.717) is 5.58 Å². The number of rotatable bonds is 2. The number of nitrogens with zero attached hydrogens (tertiary/aromatic N) is 1. The van der Waals surface area contributed by atoms with Gasteiger partial charge in [-0.3, -0.25) is 0 Å². The molecular weight excluding hydrogens is 218 g/mol. The molecule has 1 aliphatic heterocycles. The quantitative estimate of drug-likeness (QED) is 0.863. The molecule has 3 rings (SSSR count). The van der Waals surface area contributed by atoms with Gasteiger partial charge >= 0.3 is 5.97 Å². The Balaban J connectivity index is 2.02. The standard InChI is InChI=1S/C13H13NO3/c15-13(16)12-7-9-3-4-10(8-11(9)17-12)14-5-1-2-6-14/h3-4,7-8H,1-2,5-6H2,(H,15,16). The highest BCUT2D eigenvalue weighted by molar-refractivity contribution is 5.92. The van der Waals surface area contributed by atoms with Crippen LogP contribution in [0.1, 0.15) is 23.4 Å². The average Bonchev–Trinajstić information content (AvgIpc) is 2.97. The molecule has 0 atom stereocenters. The Morgan fingerprint density at radius 2 is 2.00 bits per heavy atom. The molecule has 17 heavy (non-hydrogen) atoms. The average molecular weight is 231 g/mol. The van der Waals surface area contributed by atoms with Crippen LogP contribution in [0.15, 0.2) is 28.7 Å². The van der Waals surface area contributed by atoms with Gasteiger partial charge in [-0.15, -0.1) is 0 Å². The summed E-state index contributed by atoms with van der Waals surface area (Å²) in [4.78, 5) is 13.1. The Morgan fingerprint density at radius 1 is 1.24 bits per heavy atom. The maximum absolute atomic E-state index is 10.8. The van der Waals surface area contributed by atoms with E-state index in [1.165, 1.54) is 12.8 Å². The third-order valence-electron chi connectivity index (χ3n) is 3.19. The Hall–Kier alpha value is -1.97. The number of fused-ring (bicyclic) bond motifs is 1. The predicted octanol–water partition coefficient (Wildman–Crippen LogP) is 2.73. The van der Waals surface area contributed by atoms with Crippen LogP contribution in [0.4, 0.5) is 5.69 Å². The number of carboxylic acids is 1. The molecule has 2 aromatic rings. The highest BCUT2D eigenvalue weighted by Gasteiger charge is 2.15. The first-order valence-corrected chi connectivity index (χ1v) is 5.76. The molecule has 1 fully saturated rings. The van der Waals surface area contributed by atoms with Crippen LogP contribution in [0.5, 0.6) is 0 Å². The Morgan fingerprint density at radius 3 is 2.71 bits per heavy atom. The van der Waals surface area contributed by atoms with Crippen LogP contribution in [0.2, 0.25) is 0 Å². The molecule has 2 heterocycles.